The molecule has 0 spiro atoms. The van der Waals surface area contributed by atoms with Gasteiger partial charge in [0.25, 0.3) is 5.91 Å². The summed E-state index contributed by atoms with van der Waals surface area (Å²) in [7, 11) is 0. The molecule has 0 aromatic heterocycles. The maximum atomic E-state index is 11.6. The van der Waals surface area contributed by atoms with Gasteiger partial charge in [0.1, 0.15) is 6.04 Å². The molecule has 0 fully saturated rings. The van der Waals surface area contributed by atoms with E-state index in [9.17, 15) is 9.59 Å². The molecular formula is C12H15NO3. The Kier molecular flexibility index (Phi) is 4.51. The minimum atomic E-state index is -0.632. The van der Waals surface area contributed by atoms with Crippen LogP contribution in [0.25, 0.3) is 0 Å². The van der Waals surface area contributed by atoms with Crippen molar-refractivity contribution in [3.8, 4) is 0 Å². The number of hydrogen-bond acceptors (Lipinski definition) is 3. The van der Waals surface area contributed by atoms with Crippen molar-refractivity contribution in [1.29, 1.82) is 0 Å². The fourth-order valence-electron chi connectivity index (χ4n) is 1.20. The van der Waals surface area contributed by atoms with Crippen molar-refractivity contribution in [1.82, 2.24) is 5.32 Å². The largest absolute Gasteiger partial charge is 0.464 e. The quantitative estimate of drug-likeness (QED) is 0.781. The second-order valence-electron chi connectivity index (χ2n) is 3.31. The van der Waals surface area contributed by atoms with E-state index in [1.807, 2.05) is 6.07 Å². The molecular weight excluding hydrogens is 206 g/mol. The zero-order valence-corrected chi connectivity index (χ0v) is 9.40. The molecule has 0 aliphatic rings. The average molecular weight is 221 g/mol. The van der Waals surface area contributed by atoms with Crippen molar-refractivity contribution in [2.45, 2.75) is 19.9 Å². The molecule has 1 aromatic carbocycles. The molecule has 1 rings (SSSR count). The summed E-state index contributed by atoms with van der Waals surface area (Å²) >= 11 is 0. The van der Waals surface area contributed by atoms with Gasteiger partial charge in [0, 0.05) is 5.56 Å². The normalized spacial score (nSPS) is 11.6. The van der Waals surface area contributed by atoms with Crippen LogP contribution in [0.1, 0.15) is 24.2 Å². The van der Waals surface area contributed by atoms with Gasteiger partial charge in [0.15, 0.2) is 0 Å². The summed E-state index contributed by atoms with van der Waals surface area (Å²) in [5, 5.41) is 2.57. The minimum absolute atomic E-state index is 0.277. The Bertz CT molecular complexity index is 362. The summed E-state index contributed by atoms with van der Waals surface area (Å²) in [6, 6.07) is 8.10. The summed E-state index contributed by atoms with van der Waals surface area (Å²) in [5.74, 6) is -0.701. The molecule has 1 atom stereocenters. The van der Waals surface area contributed by atoms with E-state index in [1.54, 1.807) is 38.1 Å². The molecule has 4 nitrogen and oxygen atoms in total. The van der Waals surface area contributed by atoms with Gasteiger partial charge in [-0.2, -0.15) is 0 Å². The van der Waals surface area contributed by atoms with Gasteiger partial charge in [-0.15, -0.1) is 0 Å². The molecule has 0 radical (unpaired) electrons. The Morgan fingerprint density at radius 2 is 1.94 bits per heavy atom. The van der Waals surface area contributed by atoms with E-state index in [4.69, 9.17) is 4.74 Å². The highest BCUT2D eigenvalue weighted by Gasteiger charge is 2.16. The zero-order chi connectivity index (χ0) is 12.0. The summed E-state index contributed by atoms with van der Waals surface area (Å²) in [5.41, 5.74) is 0.527. The van der Waals surface area contributed by atoms with E-state index in [2.05, 4.69) is 5.32 Å². The van der Waals surface area contributed by atoms with Gasteiger partial charge in [-0.1, -0.05) is 18.2 Å². The Morgan fingerprint density at radius 1 is 1.31 bits per heavy atom. The summed E-state index contributed by atoms with van der Waals surface area (Å²) in [4.78, 5) is 22.9. The van der Waals surface area contributed by atoms with Crippen LogP contribution in [0.15, 0.2) is 30.3 Å². The van der Waals surface area contributed by atoms with Gasteiger partial charge in [-0.05, 0) is 26.0 Å². The topological polar surface area (TPSA) is 55.4 Å². The Morgan fingerprint density at radius 3 is 2.50 bits per heavy atom. The molecule has 4 heteroatoms. The van der Waals surface area contributed by atoms with E-state index >= 15 is 0 Å². The molecule has 86 valence electrons. The number of amides is 1. The lowest BCUT2D eigenvalue weighted by Gasteiger charge is -2.12. The fraction of sp³-hybridized carbons (Fsp3) is 0.333. The lowest BCUT2D eigenvalue weighted by Crippen LogP contribution is -2.39. The molecule has 1 unspecified atom stereocenters. The molecule has 0 heterocycles. The first-order chi connectivity index (χ1) is 7.65. The smallest absolute Gasteiger partial charge is 0.328 e. The Hall–Kier alpha value is -1.84. The molecule has 1 N–H and O–H groups in total. The van der Waals surface area contributed by atoms with E-state index in [0.717, 1.165) is 0 Å². The summed E-state index contributed by atoms with van der Waals surface area (Å²) < 4.78 is 4.79. The van der Waals surface area contributed by atoms with E-state index < -0.39 is 12.0 Å². The second kappa shape index (κ2) is 5.90. The van der Waals surface area contributed by atoms with Crippen molar-refractivity contribution in [3.05, 3.63) is 35.9 Å². The van der Waals surface area contributed by atoms with Crippen LogP contribution in [0.5, 0.6) is 0 Å². The zero-order valence-electron chi connectivity index (χ0n) is 9.40. The third-order valence-electron chi connectivity index (χ3n) is 2.02. The third kappa shape index (κ3) is 3.38. The number of benzene rings is 1. The fourth-order valence-corrected chi connectivity index (χ4v) is 1.20. The lowest BCUT2D eigenvalue weighted by molar-refractivity contribution is -0.144. The van der Waals surface area contributed by atoms with Crippen LogP contribution in [0, 0.1) is 0 Å². The van der Waals surface area contributed by atoms with Gasteiger partial charge in [-0.25, -0.2) is 4.79 Å². The van der Waals surface area contributed by atoms with Crippen LogP contribution < -0.4 is 5.32 Å². The third-order valence-corrected chi connectivity index (χ3v) is 2.02. The average Bonchev–Trinajstić information content (AvgIpc) is 2.30. The number of rotatable bonds is 4. The molecule has 0 aliphatic carbocycles. The number of nitrogens with one attached hydrogen (secondary N) is 1. The highest BCUT2D eigenvalue weighted by Crippen LogP contribution is 1.99. The van der Waals surface area contributed by atoms with Crippen molar-refractivity contribution in [2.24, 2.45) is 0 Å². The molecule has 0 aliphatic heterocycles. The number of carbonyl (C=O) groups is 2. The van der Waals surface area contributed by atoms with Crippen LogP contribution >= 0.6 is 0 Å². The van der Waals surface area contributed by atoms with Crippen molar-refractivity contribution < 1.29 is 14.3 Å². The number of esters is 1. The van der Waals surface area contributed by atoms with Crippen LogP contribution in [-0.2, 0) is 9.53 Å². The van der Waals surface area contributed by atoms with Crippen LogP contribution in [0.4, 0.5) is 0 Å². The molecule has 1 aromatic rings. The first-order valence-corrected chi connectivity index (χ1v) is 5.17. The lowest BCUT2D eigenvalue weighted by atomic mass is 10.2. The van der Waals surface area contributed by atoms with Crippen molar-refractivity contribution in [3.63, 3.8) is 0 Å². The molecule has 16 heavy (non-hydrogen) atoms. The highest BCUT2D eigenvalue weighted by molar-refractivity contribution is 5.96. The molecule has 1 amide bonds. The SMILES string of the molecule is CCOC(=O)C(C)NC(=O)c1ccccc1. The number of hydrogen-bond donors (Lipinski definition) is 1. The van der Waals surface area contributed by atoms with E-state index in [-0.39, 0.29) is 5.91 Å². The monoisotopic (exact) mass is 221 g/mol. The number of carbonyl (C=O) groups excluding carboxylic acids is 2. The summed E-state index contributed by atoms with van der Waals surface area (Å²) in [6.07, 6.45) is 0. The van der Waals surface area contributed by atoms with E-state index in [0.29, 0.717) is 12.2 Å². The van der Waals surface area contributed by atoms with Crippen molar-refractivity contribution in [2.75, 3.05) is 6.61 Å². The maximum Gasteiger partial charge on any atom is 0.328 e. The van der Waals surface area contributed by atoms with Gasteiger partial charge in [-0.3, -0.25) is 4.79 Å². The van der Waals surface area contributed by atoms with Crippen LogP contribution in [0.2, 0.25) is 0 Å². The predicted octanol–water partition coefficient (Wildman–Crippen LogP) is 1.37. The molecule has 0 saturated carbocycles. The Labute approximate surface area is 94.6 Å². The number of ether oxygens (including phenoxy) is 1. The first kappa shape index (κ1) is 12.2. The van der Waals surface area contributed by atoms with E-state index in [1.165, 1.54) is 0 Å². The van der Waals surface area contributed by atoms with Gasteiger partial charge in [0.2, 0.25) is 0 Å². The summed E-state index contributed by atoms with van der Waals surface area (Å²) in [6.45, 7) is 3.63. The maximum absolute atomic E-state index is 11.6. The molecule has 0 bridgehead atoms. The van der Waals surface area contributed by atoms with Crippen molar-refractivity contribution >= 4 is 11.9 Å². The van der Waals surface area contributed by atoms with Gasteiger partial charge in [0.05, 0.1) is 6.61 Å². The predicted molar refractivity (Wildman–Crippen MR) is 60.0 cm³/mol. The van der Waals surface area contributed by atoms with Gasteiger partial charge >= 0.3 is 5.97 Å². The standard InChI is InChI=1S/C12H15NO3/c1-3-16-12(15)9(2)13-11(14)10-7-5-4-6-8-10/h4-9H,3H2,1-2H3,(H,13,14). The van der Waals surface area contributed by atoms with Crippen LogP contribution in [0.3, 0.4) is 0 Å². The molecule has 0 saturated heterocycles. The first-order valence-electron chi connectivity index (χ1n) is 5.17. The Balaban J connectivity index is 2.55. The second-order valence-corrected chi connectivity index (χ2v) is 3.31. The van der Waals surface area contributed by atoms with Crippen LogP contribution in [-0.4, -0.2) is 24.5 Å². The minimum Gasteiger partial charge on any atom is -0.464 e. The highest BCUT2D eigenvalue weighted by atomic mass is 16.5. The van der Waals surface area contributed by atoms with Gasteiger partial charge < -0.3 is 10.1 Å².